The third kappa shape index (κ3) is 8.63. The molecule has 2 aliphatic carbocycles. The maximum Gasteiger partial charge on any atom is 0.319 e. The van der Waals surface area contributed by atoms with Crippen LogP contribution in [0.3, 0.4) is 0 Å². The molecule has 0 spiro atoms. The van der Waals surface area contributed by atoms with Crippen LogP contribution in [0.15, 0.2) is 57.6 Å². The number of ether oxygens (including phenoxy) is 1. The van der Waals surface area contributed by atoms with E-state index in [-0.39, 0.29) is 40.7 Å². The summed E-state index contributed by atoms with van der Waals surface area (Å²) in [5.74, 6) is 2.75. The zero-order valence-corrected chi connectivity index (χ0v) is 29.0. The second-order valence-corrected chi connectivity index (χ2v) is 14.2. The van der Waals surface area contributed by atoms with Gasteiger partial charge in [0.2, 0.25) is 0 Å². The molecule has 0 radical (unpaired) electrons. The van der Waals surface area contributed by atoms with Crippen LogP contribution in [0.4, 0.5) is 14.6 Å². The van der Waals surface area contributed by atoms with Crippen LogP contribution in [0.25, 0.3) is 5.83 Å². The number of halogens is 2. The van der Waals surface area contributed by atoms with E-state index >= 15 is 4.39 Å². The van der Waals surface area contributed by atoms with Gasteiger partial charge in [-0.15, -0.1) is 6.42 Å². The first kappa shape index (κ1) is 35.5. The zero-order valence-electron chi connectivity index (χ0n) is 29.0. The van der Waals surface area contributed by atoms with Gasteiger partial charge in [-0.25, -0.2) is 8.78 Å². The molecule has 0 amide bonds. The maximum absolute atomic E-state index is 16.2. The fraction of sp³-hybridized carbons (Fsp3) is 0.564. The summed E-state index contributed by atoms with van der Waals surface area (Å²) in [6.07, 6.45) is 23.8. The summed E-state index contributed by atoms with van der Waals surface area (Å²) >= 11 is 0. The highest BCUT2D eigenvalue weighted by atomic mass is 19.1. The highest BCUT2D eigenvalue weighted by Gasteiger charge is 2.35. The lowest BCUT2D eigenvalue weighted by atomic mass is 9.75. The summed E-state index contributed by atoms with van der Waals surface area (Å²) in [7, 11) is 1.65. The molecule has 9 heteroatoms. The number of fused-ring (bicyclic) bond motifs is 2. The number of hydrogen-bond donors (Lipinski definition) is 2. The van der Waals surface area contributed by atoms with Crippen molar-refractivity contribution in [3.05, 3.63) is 63.9 Å². The molecule has 258 valence electrons. The van der Waals surface area contributed by atoms with Crippen molar-refractivity contribution in [3.63, 3.8) is 0 Å². The molecule has 1 aromatic heterocycles. The molecule has 4 unspecified atom stereocenters. The van der Waals surface area contributed by atoms with Gasteiger partial charge < -0.3 is 20.1 Å². The number of nitrogens with zero attached hydrogens (tertiary/aromatic N) is 4. The molecule has 4 atom stereocenters. The van der Waals surface area contributed by atoms with E-state index in [2.05, 4.69) is 40.0 Å². The van der Waals surface area contributed by atoms with E-state index in [1.54, 1.807) is 26.3 Å². The van der Waals surface area contributed by atoms with Gasteiger partial charge in [-0.05, 0) is 80.7 Å². The van der Waals surface area contributed by atoms with E-state index in [1.165, 1.54) is 50.3 Å². The van der Waals surface area contributed by atoms with Crippen LogP contribution in [-0.2, 0) is 0 Å². The predicted octanol–water partition coefficient (Wildman–Crippen LogP) is 8.51. The number of aliphatic hydroxyl groups excluding tert-OH is 1. The zero-order chi connectivity index (χ0) is 34.3. The van der Waals surface area contributed by atoms with Crippen molar-refractivity contribution < 1.29 is 18.6 Å². The van der Waals surface area contributed by atoms with Crippen molar-refractivity contribution in [2.75, 3.05) is 31.6 Å². The Labute approximate surface area is 285 Å². The van der Waals surface area contributed by atoms with Crippen LogP contribution in [-0.4, -0.2) is 60.1 Å². The van der Waals surface area contributed by atoms with Crippen LogP contribution in [0.1, 0.15) is 103 Å². The molecule has 4 aliphatic rings. The molecule has 1 aromatic rings. The van der Waals surface area contributed by atoms with E-state index in [1.807, 2.05) is 0 Å². The molecule has 2 N–H and O–H groups in total. The number of piperazine rings is 1. The lowest BCUT2D eigenvalue weighted by Gasteiger charge is -2.35. The quantitative estimate of drug-likeness (QED) is 0.113. The van der Waals surface area contributed by atoms with E-state index in [9.17, 15) is 9.50 Å². The highest BCUT2D eigenvalue weighted by Crippen LogP contribution is 2.38. The largest absolute Gasteiger partial charge is 0.508 e. The fourth-order valence-electron chi connectivity index (χ4n) is 7.57. The minimum absolute atomic E-state index is 0.00905. The minimum Gasteiger partial charge on any atom is -0.508 e. The molecule has 3 heterocycles. The molecule has 5 rings (SSSR count). The van der Waals surface area contributed by atoms with Crippen LogP contribution in [0.5, 0.6) is 6.01 Å². The predicted molar refractivity (Wildman–Crippen MR) is 191 cm³/mol. The van der Waals surface area contributed by atoms with Crippen molar-refractivity contribution in [1.29, 1.82) is 0 Å². The summed E-state index contributed by atoms with van der Waals surface area (Å²) in [5, 5.41) is 14.3. The molecular weight excluding hydrogens is 608 g/mol. The number of aliphatic hydroxyl groups is 1. The van der Waals surface area contributed by atoms with Gasteiger partial charge in [0.05, 0.1) is 17.7 Å². The van der Waals surface area contributed by atoms with Gasteiger partial charge in [0.15, 0.2) is 0 Å². The van der Waals surface area contributed by atoms with Gasteiger partial charge in [0.25, 0.3) is 0 Å². The lowest BCUT2D eigenvalue weighted by Crippen LogP contribution is -2.51. The number of aliphatic imine (C=N–C) groups is 1. The second kappa shape index (κ2) is 16.1. The van der Waals surface area contributed by atoms with Crippen molar-refractivity contribution in [3.8, 4) is 18.4 Å². The third-order valence-corrected chi connectivity index (χ3v) is 10.5. The van der Waals surface area contributed by atoms with Gasteiger partial charge in [0.1, 0.15) is 28.9 Å². The van der Waals surface area contributed by atoms with Crippen LogP contribution < -0.4 is 15.0 Å². The number of allylic oxidation sites excluding steroid dienone is 8. The molecule has 2 aliphatic heterocycles. The number of rotatable bonds is 10. The van der Waals surface area contributed by atoms with Crippen LogP contribution >= 0.6 is 0 Å². The Balaban J connectivity index is 1.44. The monoisotopic (exact) mass is 659 g/mol. The summed E-state index contributed by atoms with van der Waals surface area (Å²) in [6, 6.07) is 0.861. The standard InChI is InChI=1S/C39H51F2N5O2/c1-6-27-11-8-9-19-39(4,20-18-27)25-48-38-44-36(33(22-42-5)37(45-38)46-23-29-15-16-30(24-46)43-29)35(41)13-10-12-31(47)21-28-14-17-34(40)32(7-2)26(28)3/h2,10,12-13,21-22,27,29-30,43,47H,6,8-9,11,14-20,23-25H2,1,3-5H3/b12-10+,31-21+,35-13-,42-22?. The Kier molecular flexibility index (Phi) is 11.9. The SMILES string of the molecule is C#CC1=C(F)CCC(\C=C(O)/C=C/C=C(\F)c2nc(OCC3(C)CCCCC(CC)CC3)nc(N3CC4CCC(C3)N4)c2C=NC)=C1C. The molecule has 0 aromatic carbocycles. The molecule has 2 saturated heterocycles. The van der Waals surface area contributed by atoms with Crippen LogP contribution in [0, 0.1) is 23.7 Å². The average Bonchev–Trinajstić information content (AvgIpc) is 3.41. The number of hydrogen-bond acceptors (Lipinski definition) is 7. The second-order valence-electron chi connectivity index (χ2n) is 14.2. The van der Waals surface area contributed by atoms with Crippen molar-refractivity contribution in [2.45, 2.75) is 103 Å². The van der Waals surface area contributed by atoms with Gasteiger partial charge in [-0.3, -0.25) is 4.99 Å². The van der Waals surface area contributed by atoms with Gasteiger partial charge in [-0.2, -0.15) is 9.97 Å². The Morgan fingerprint density at radius 2 is 1.94 bits per heavy atom. The summed E-state index contributed by atoms with van der Waals surface area (Å²) in [4.78, 5) is 16.0. The normalized spacial score (nSPS) is 27.5. The number of terminal acetylenes is 1. The molecule has 48 heavy (non-hydrogen) atoms. The molecule has 1 saturated carbocycles. The highest BCUT2D eigenvalue weighted by molar-refractivity contribution is 5.92. The minimum atomic E-state index is -0.601. The Morgan fingerprint density at radius 3 is 2.65 bits per heavy atom. The molecular formula is C39H51F2N5O2. The van der Waals surface area contributed by atoms with E-state index in [0.717, 1.165) is 50.3 Å². The topological polar surface area (TPSA) is 82.9 Å². The summed E-state index contributed by atoms with van der Waals surface area (Å²) < 4.78 is 36.7. The van der Waals surface area contributed by atoms with E-state index in [4.69, 9.17) is 16.1 Å². The Bertz CT molecular complexity index is 1560. The molecule has 2 bridgehead atoms. The lowest BCUT2D eigenvalue weighted by molar-refractivity contribution is 0.110. The molecule has 3 fully saturated rings. The van der Waals surface area contributed by atoms with Crippen molar-refractivity contribution in [2.24, 2.45) is 16.3 Å². The Morgan fingerprint density at radius 1 is 1.17 bits per heavy atom. The summed E-state index contributed by atoms with van der Waals surface area (Å²) in [5.41, 5.74) is 2.17. The number of anilines is 1. The first-order chi connectivity index (χ1) is 23.1. The van der Waals surface area contributed by atoms with E-state index < -0.39 is 5.83 Å². The first-order valence-corrected chi connectivity index (χ1v) is 17.6. The average molecular weight is 660 g/mol. The smallest absolute Gasteiger partial charge is 0.319 e. The van der Waals surface area contributed by atoms with Crippen molar-refractivity contribution in [1.82, 2.24) is 15.3 Å². The fourth-order valence-corrected chi connectivity index (χ4v) is 7.57. The van der Waals surface area contributed by atoms with Crippen molar-refractivity contribution >= 4 is 17.9 Å². The number of aromatic nitrogens is 2. The maximum atomic E-state index is 16.2. The van der Waals surface area contributed by atoms with E-state index in [0.29, 0.717) is 42.1 Å². The van der Waals surface area contributed by atoms with Gasteiger partial charge >= 0.3 is 6.01 Å². The number of nitrogens with one attached hydrogen (secondary N) is 1. The molecule has 7 nitrogen and oxygen atoms in total. The summed E-state index contributed by atoms with van der Waals surface area (Å²) in [6.45, 7) is 8.29. The van der Waals surface area contributed by atoms with Gasteiger partial charge in [-0.1, -0.05) is 51.5 Å². The van der Waals surface area contributed by atoms with Gasteiger partial charge in [0, 0.05) is 50.3 Å². The Hall–Kier alpha value is -3.77. The third-order valence-electron chi connectivity index (χ3n) is 10.5. The first-order valence-electron chi connectivity index (χ1n) is 17.6. The van der Waals surface area contributed by atoms with Crippen LogP contribution in [0.2, 0.25) is 0 Å².